The highest BCUT2D eigenvalue weighted by atomic mass is 16.7. The Bertz CT molecular complexity index is 392. The Morgan fingerprint density at radius 2 is 2.00 bits per heavy atom. The van der Waals surface area contributed by atoms with E-state index in [4.69, 9.17) is 9.47 Å². The molecule has 100 valence electrons. The van der Waals surface area contributed by atoms with E-state index < -0.39 is 0 Å². The third-order valence-corrected chi connectivity index (χ3v) is 3.45. The van der Waals surface area contributed by atoms with Crippen LogP contribution in [0.5, 0.6) is 11.5 Å². The zero-order chi connectivity index (χ0) is 13.0. The van der Waals surface area contributed by atoms with Gasteiger partial charge in [-0.1, -0.05) is 26.3 Å². The minimum absolute atomic E-state index is 0.341. The monoisotopic (exact) mass is 249 g/mol. The lowest BCUT2D eigenvalue weighted by atomic mass is 10.0. The van der Waals surface area contributed by atoms with Crippen LogP contribution in [-0.2, 0) is 0 Å². The molecule has 0 radical (unpaired) electrons. The Kier molecular flexibility index (Phi) is 4.48. The molecule has 0 spiro atoms. The van der Waals surface area contributed by atoms with Gasteiger partial charge in [0, 0.05) is 6.04 Å². The molecule has 0 aromatic heterocycles. The molecule has 0 amide bonds. The summed E-state index contributed by atoms with van der Waals surface area (Å²) < 4.78 is 10.7. The van der Waals surface area contributed by atoms with Crippen molar-refractivity contribution >= 4 is 0 Å². The second kappa shape index (κ2) is 6.10. The van der Waals surface area contributed by atoms with Crippen LogP contribution in [-0.4, -0.2) is 13.3 Å². The van der Waals surface area contributed by atoms with Gasteiger partial charge in [-0.2, -0.15) is 0 Å². The lowest BCUT2D eigenvalue weighted by Crippen LogP contribution is -2.24. The van der Waals surface area contributed by atoms with Gasteiger partial charge in [-0.25, -0.2) is 0 Å². The molecule has 1 aliphatic heterocycles. The van der Waals surface area contributed by atoms with Crippen molar-refractivity contribution < 1.29 is 9.47 Å². The van der Waals surface area contributed by atoms with Crippen molar-refractivity contribution in [2.24, 2.45) is 5.92 Å². The molecule has 1 aliphatic rings. The molecule has 2 rings (SSSR count). The highest BCUT2D eigenvalue weighted by Gasteiger charge is 2.15. The van der Waals surface area contributed by atoms with E-state index in [0.717, 1.165) is 24.0 Å². The molecule has 3 heteroatoms. The maximum atomic E-state index is 5.40. The van der Waals surface area contributed by atoms with Crippen molar-refractivity contribution in [3.63, 3.8) is 0 Å². The van der Waals surface area contributed by atoms with E-state index in [2.05, 4.69) is 38.2 Å². The molecule has 1 N–H and O–H groups in total. The van der Waals surface area contributed by atoms with Crippen LogP contribution >= 0.6 is 0 Å². The summed E-state index contributed by atoms with van der Waals surface area (Å²) in [6.45, 7) is 8.12. The third-order valence-electron chi connectivity index (χ3n) is 3.45. The van der Waals surface area contributed by atoms with E-state index in [9.17, 15) is 0 Å². The Balaban J connectivity index is 1.90. The van der Waals surface area contributed by atoms with Gasteiger partial charge in [-0.15, -0.1) is 0 Å². The molecule has 1 aromatic rings. The smallest absolute Gasteiger partial charge is 0.231 e. The molecular formula is C15H23NO2. The fraction of sp³-hybridized carbons (Fsp3) is 0.600. The first-order chi connectivity index (χ1) is 8.70. The fourth-order valence-corrected chi connectivity index (χ4v) is 2.27. The zero-order valence-electron chi connectivity index (χ0n) is 11.5. The van der Waals surface area contributed by atoms with Crippen molar-refractivity contribution in [3.05, 3.63) is 23.8 Å². The number of ether oxygens (including phenoxy) is 2. The van der Waals surface area contributed by atoms with Crippen LogP contribution < -0.4 is 14.8 Å². The minimum Gasteiger partial charge on any atom is -0.454 e. The van der Waals surface area contributed by atoms with Crippen LogP contribution in [0.1, 0.15) is 45.2 Å². The van der Waals surface area contributed by atoms with E-state index in [1.54, 1.807) is 0 Å². The Labute approximate surface area is 109 Å². The average Bonchev–Trinajstić information content (AvgIpc) is 2.83. The van der Waals surface area contributed by atoms with Gasteiger partial charge in [0.1, 0.15) is 0 Å². The van der Waals surface area contributed by atoms with Gasteiger partial charge >= 0.3 is 0 Å². The second-order valence-corrected chi connectivity index (χ2v) is 5.14. The third kappa shape index (κ3) is 3.16. The van der Waals surface area contributed by atoms with Crippen LogP contribution in [0.2, 0.25) is 0 Å². The van der Waals surface area contributed by atoms with E-state index >= 15 is 0 Å². The van der Waals surface area contributed by atoms with Crippen molar-refractivity contribution in [2.75, 3.05) is 13.3 Å². The quantitative estimate of drug-likeness (QED) is 0.837. The molecule has 0 fully saturated rings. The van der Waals surface area contributed by atoms with Crippen molar-refractivity contribution in [3.8, 4) is 11.5 Å². The van der Waals surface area contributed by atoms with Crippen LogP contribution in [0.4, 0.5) is 0 Å². The molecule has 1 aromatic carbocycles. The number of nitrogens with one attached hydrogen (secondary N) is 1. The highest BCUT2D eigenvalue weighted by Crippen LogP contribution is 2.34. The van der Waals surface area contributed by atoms with Gasteiger partial charge in [0.15, 0.2) is 11.5 Å². The maximum Gasteiger partial charge on any atom is 0.231 e. The van der Waals surface area contributed by atoms with Gasteiger partial charge < -0.3 is 14.8 Å². The molecule has 3 nitrogen and oxygen atoms in total. The second-order valence-electron chi connectivity index (χ2n) is 5.14. The van der Waals surface area contributed by atoms with E-state index in [0.29, 0.717) is 12.8 Å². The summed E-state index contributed by atoms with van der Waals surface area (Å²) in [6, 6.07) is 6.52. The molecule has 1 heterocycles. The fourth-order valence-electron chi connectivity index (χ4n) is 2.27. The molecule has 2 unspecified atom stereocenters. The average molecular weight is 249 g/mol. The lowest BCUT2D eigenvalue weighted by Gasteiger charge is -2.18. The first-order valence-electron chi connectivity index (χ1n) is 6.83. The largest absolute Gasteiger partial charge is 0.454 e. The molecule has 18 heavy (non-hydrogen) atoms. The van der Waals surface area contributed by atoms with E-state index in [1.807, 2.05) is 6.07 Å². The number of hydrogen-bond acceptors (Lipinski definition) is 3. The van der Waals surface area contributed by atoms with Gasteiger partial charge in [0.25, 0.3) is 0 Å². The molecule has 0 saturated heterocycles. The summed E-state index contributed by atoms with van der Waals surface area (Å²) in [4.78, 5) is 0. The predicted octanol–water partition coefficient (Wildman–Crippen LogP) is 3.50. The summed E-state index contributed by atoms with van der Waals surface area (Å²) in [5.74, 6) is 2.44. The van der Waals surface area contributed by atoms with Crippen LogP contribution in [0.25, 0.3) is 0 Å². The minimum atomic E-state index is 0.341. The standard InChI is InChI=1S/C15H23NO2/c1-4-5-11(2)9-16-12(3)13-6-7-14-15(8-13)18-10-17-14/h6-8,11-12,16H,4-5,9-10H2,1-3H3. The van der Waals surface area contributed by atoms with Crippen LogP contribution in [0, 0.1) is 5.92 Å². The van der Waals surface area contributed by atoms with Gasteiger partial charge in [-0.05, 0) is 43.5 Å². The topological polar surface area (TPSA) is 30.5 Å². The summed E-state index contributed by atoms with van der Waals surface area (Å²) in [6.07, 6.45) is 2.53. The number of hydrogen-bond donors (Lipinski definition) is 1. The molecule has 0 saturated carbocycles. The van der Waals surface area contributed by atoms with Crippen LogP contribution in [0.3, 0.4) is 0 Å². The number of benzene rings is 1. The maximum absolute atomic E-state index is 5.40. The van der Waals surface area contributed by atoms with E-state index in [-0.39, 0.29) is 0 Å². The zero-order valence-corrected chi connectivity index (χ0v) is 11.5. The van der Waals surface area contributed by atoms with Gasteiger partial charge in [-0.3, -0.25) is 0 Å². The molecule has 2 atom stereocenters. The number of rotatable bonds is 6. The first kappa shape index (κ1) is 13.2. The normalized spacial score (nSPS) is 16.6. The highest BCUT2D eigenvalue weighted by molar-refractivity contribution is 5.45. The van der Waals surface area contributed by atoms with Crippen LogP contribution in [0.15, 0.2) is 18.2 Å². The van der Waals surface area contributed by atoms with Gasteiger partial charge in [0.05, 0.1) is 0 Å². The Morgan fingerprint density at radius 1 is 1.22 bits per heavy atom. The summed E-state index contributed by atoms with van der Waals surface area (Å²) in [7, 11) is 0. The molecule has 0 aliphatic carbocycles. The SMILES string of the molecule is CCCC(C)CNC(C)c1ccc2c(c1)OCO2. The lowest BCUT2D eigenvalue weighted by molar-refractivity contribution is 0.174. The predicted molar refractivity (Wildman–Crippen MR) is 73.1 cm³/mol. The van der Waals surface area contributed by atoms with Crippen molar-refractivity contribution in [1.29, 1.82) is 0 Å². The van der Waals surface area contributed by atoms with E-state index in [1.165, 1.54) is 18.4 Å². The summed E-state index contributed by atoms with van der Waals surface area (Å²) in [5.41, 5.74) is 1.25. The first-order valence-corrected chi connectivity index (χ1v) is 6.83. The summed E-state index contributed by atoms with van der Waals surface area (Å²) in [5, 5.41) is 3.58. The van der Waals surface area contributed by atoms with Crippen molar-refractivity contribution in [1.82, 2.24) is 5.32 Å². The summed E-state index contributed by atoms with van der Waals surface area (Å²) >= 11 is 0. The van der Waals surface area contributed by atoms with Gasteiger partial charge in [0.2, 0.25) is 6.79 Å². The molecule has 0 bridgehead atoms. The van der Waals surface area contributed by atoms with Crippen molar-refractivity contribution in [2.45, 2.75) is 39.7 Å². The Hall–Kier alpha value is -1.22. The number of fused-ring (bicyclic) bond motifs is 1. The molecular weight excluding hydrogens is 226 g/mol. The Morgan fingerprint density at radius 3 is 2.78 bits per heavy atom.